The van der Waals surface area contributed by atoms with E-state index in [0.29, 0.717) is 12.2 Å². The van der Waals surface area contributed by atoms with Crippen molar-refractivity contribution in [3.8, 4) is 5.75 Å². The van der Waals surface area contributed by atoms with Gasteiger partial charge in [-0.2, -0.15) is 0 Å². The summed E-state index contributed by atoms with van der Waals surface area (Å²) in [4.78, 5) is 0. The Morgan fingerprint density at radius 3 is 2.60 bits per heavy atom. The van der Waals surface area contributed by atoms with Crippen LogP contribution in [0.4, 0.5) is 4.39 Å². The smallest absolute Gasteiger partial charge is 0.127 e. The molecule has 0 spiro atoms. The third kappa shape index (κ3) is 2.93. The second-order valence-corrected chi connectivity index (χ2v) is 3.78. The molecule has 0 aliphatic carbocycles. The van der Waals surface area contributed by atoms with Gasteiger partial charge in [0.1, 0.15) is 11.6 Å². The second-order valence-electron chi connectivity index (χ2n) is 3.78. The zero-order chi connectivity index (χ0) is 11.4. The minimum absolute atomic E-state index is 0.0295. The number of ether oxygens (including phenoxy) is 1. The highest BCUT2D eigenvalue weighted by atomic mass is 19.1. The van der Waals surface area contributed by atoms with Gasteiger partial charge in [-0.15, -0.1) is 0 Å². The molecular formula is C12H18FNO. The molecule has 3 heteroatoms. The third-order valence-electron chi connectivity index (χ3n) is 2.38. The van der Waals surface area contributed by atoms with Crippen LogP contribution in [0.25, 0.3) is 0 Å². The normalized spacial score (nSPS) is 12.6. The molecule has 84 valence electrons. The minimum atomic E-state index is -0.264. The number of halogens is 1. The van der Waals surface area contributed by atoms with Crippen molar-refractivity contribution in [1.82, 2.24) is 0 Å². The van der Waals surface area contributed by atoms with Crippen LogP contribution in [-0.4, -0.2) is 13.2 Å². The van der Waals surface area contributed by atoms with Crippen molar-refractivity contribution in [1.29, 1.82) is 0 Å². The van der Waals surface area contributed by atoms with E-state index in [4.69, 9.17) is 10.5 Å². The minimum Gasteiger partial charge on any atom is -0.496 e. The Kier molecular flexibility index (Phi) is 4.09. The molecule has 1 aromatic carbocycles. The molecule has 1 rings (SSSR count). The van der Waals surface area contributed by atoms with E-state index >= 15 is 0 Å². The first kappa shape index (κ1) is 12.0. The predicted octanol–water partition coefficient (Wildman–Crippen LogP) is 2.29. The van der Waals surface area contributed by atoms with Crippen molar-refractivity contribution in [2.75, 3.05) is 7.11 Å². The van der Waals surface area contributed by atoms with Crippen molar-refractivity contribution < 1.29 is 9.13 Å². The number of hydrogen-bond donors (Lipinski definition) is 1. The summed E-state index contributed by atoms with van der Waals surface area (Å²) in [7, 11) is 1.56. The molecule has 0 radical (unpaired) electrons. The van der Waals surface area contributed by atoms with E-state index in [2.05, 4.69) is 0 Å². The van der Waals surface area contributed by atoms with E-state index in [1.54, 1.807) is 13.2 Å². The van der Waals surface area contributed by atoms with Crippen LogP contribution in [-0.2, 0) is 12.8 Å². The average Bonchev–Trinajstić information content (AvgIpc) is 2.15. The highest BCUT2D eigenvalue weighted by molar-refractivity contribution is 5.41. The predicted molar refractivity (Wildman–Crippen MR) is 59.7 cm³/mol. The van der Waals surface area contributed by atoms with Crippen LogP contribution in [0.5, 0.6) is 5.75 Å². The van der Waals surface area contributed by atoms with E-state index in [9.17, 15) is 4.39 Å². The Morgan fingerprint density at radius 2 is 2.13 bits per heavy atom. The molecule has 0 saturated carbocycles. The lowest BCUT2D eigenvalue weighted by Gasteiger charge is -2.14. The first-order valence-electron chi connectivity index (χ1n) is 5.19. The van der Waals surface area contributed by atoms with E-state index in [1.807, 2.05) is 13.8 Å². The summed E-state index contributed by atoms with van der Waals surface area (Å²) in [5.74, 6) is 0.354. The molecular weight excluding hydrogens is 193 g/mol. The molecule has 1 atom stereocenters. The van der Waals surface area contributed by atoms with Crippen LogP contribution in [0.1, 0.15) is 25.0 Å². The summed E-state index contributed by atoms with van der Waals surface area (Å²) >= 11 is 0. The molecule has 0 aliphatic heterocycles. The fraction of sp³-hybridized carbons (Fsp3) is 0.500. The second kappa shape index (κ2) is 5.12. The first-order valence-corrected chi connectivity index (χ1v) is 5.19. The largest absolute Gasteiger partial charge is 0.496 e. The monoisotopic (exact) mass is 211 g/mol. The summed E-state index contributed by atoms with van der Waals surface area (Å²) < 4.78 is 18.4. The molecule has 0 heterocycles. The van der Waals surface area contributed by atoms with Gasteiger partial charge < -0.3 is 10.5 Å². The van der Waals surface area contributed by atoms with Gasteiger partial charge in [0, 0.05) is 12.1 Å². The lowest BCUT2D eigenvalue weighted by molar-refractivity contribution is 0.405. The van der Waals surface area contributed by atoms with Gasteiger partial charge in [-0.1, -0.05) is 6.92 Å². The fourth-order valence-electron chi connectivity index (χ4n) is 1.78. The Hall–Kier alpha value is -1.09. The quantitative estimate of drug-likeness (QED) is 0.829. The molecule has 15 heavy (non-hydrogen) atoms. The SMILES string of the molecule is CCc1c(CC(C)N)cc(F)cc1OC. The maximum absolute atomic E-state index is 13.3. The van der Waals surface area contributed by atoms with E-state index < -0.39 is 0 Å². The molecule has 1 unspecified atom stereocenters. The van der Waals surface area contributed by atoms with Crippen LogP contribution < -0.4 is 10.5 Å². The van der Waals surface area contributed by atoms with Crippen LogP contribution in [0, 0.1) is 5.82 Å². The summed E-state index contributed by atoms with van der Waals surface area (Å²) in [5, 5.41) is 0. The molecule has 0 aromatic heterocycles. The van der Waals surface area contributed by atoms with Crippen molar-refractivity contribution in [2.45, 2.75) is 32.7 Å². The van der Waals surface area contributed by atoms with Gasteiger partial charge in [0.25, 0.3) is 0 Å². The maximum atomic E-state index is 13.3. The van der Waals surface area contributed by atoms with Gasteiger partial charge in [0.2, 0.25) is 0 Å². The summed E-state index contributed by atoms with van der Waals surface area (Å²) in [5.41, 5.74) is 7.73. The standard InChI is InChI=1S/C12H18FNO/c1-4-11-9(5-8(2)14)6-10(13)7-12(11)15-3/h6-8H,4-5,14H2,1-3H3. The molecule has 0 fully saturated rings. The number of nitrogens with two attached hydrogens (primary N) is 1. The molecule has 0 bridgehead atoms. The molecule has 2 nitrogen and oxygen atoms in total. The van der Waals surface area contributed by atoms with Gasteiger partial charge in [-0.05, 0) is 37.0 Å². The molecule has 0 aliphatic rings. The lowest BCUT2D eigenvalue weighted by atomic mass is 9.98. The Bertz CT molecular complexity index is 337. The van der Waals surface area contributed by atoms with Crippen molar-refractivity contribution in [2.24, 2.45) is 5.73 Å². The topological polar surface area (TPSA) is 35.2 Å². The van der Waals surface area contributed by atoms with E-state index in [-0.39, 0.29) is 11.9 Å². The van der Waals surface area contributed by atoms with Gasteiger partial charge in [0.15, 0.2) is 0 Å². The highest BCUT2D eigenvalue weighted by Crippen LogP contribution is 2.25. The first-order chi connectivity index (χ1) is 7.08. The third-order valence-corrected chi connectivity index (χ3v) is 2.38. The Labute approximate surface area is 90.2 Å². The average molecular weight is 211 g/mol. The lowest BCUT2D eigenvalue weighted by Crippen LogP contribution is -2.19. The van der Waals surface area contributed by atoms with Crippen LogP contribution in [0.3, 0.4) is 0 Å². The maximum Gasteiger partial charge on any atom is 0.127 e. The number of rotatable bonds is 4. The Morgan fingerprint density at radius 1 is 1.47 bits per heavy atom. The number of benzene rings is 1. The molecule has 0 saturated heterocycles. The van der Waals surface area contributed by atoms with E-state index in [0.717, 1.165) is 17.5 Å². The summed E-state index contributed by atoms with van der Waals surface area (Å²) in [6.07, 6.45) is 1.50. The fourth-order valence-corrected chi connectivity index (χ4v) is 1.78. The highest BCUT2D eigenvalue weighted by Gasteiger charge is 2.11. The van der Waals surface area contributed by atoms with Crippen molar-refractivity contribution in [3.63, 3.8) is 0 Å². The van der Waals surface area contributed by atoms with Gasteiger partial charge in [-0.3, -0.25) is 0 Å². The summed E-state index contributed by atoms with van der Waals surface area (Å²) in [6, 6.07) is 3.00. The van der Waals surface area contributed by atoms with E-state index in [1.165, 1.54) is 6.07 Å². The molecule has 2 N–H and O–H groups in total. The number of methoxy groups -OCH3 is 1. The van der Waals surface area contributed by atoms with Crippen molar-refractivity contribution in [3.05, 3.63) is 29.1 Å². The summed E-state index contributed by atoms with van der Waals surface area (Å²) in [6.45, 7) is 3.94. The van der Waals surface area contributed by atoms with Gasteiger partial charge >= 0.3 is 0 Å². The number of hydrogen-bond acceptors (Lipinski definition) is 2. The molecule has 0 amide bonds. The van der Waals surface area contributed by atoms with Crippen LogP contribution >= 0.6 is 0 Å². The van der Waals surface area contributed by atoms with Gasteiger partial charge in [-0.25, -0.2) is 4.39 Å². The van der Waals surface area contributed by atoms with Crippen LogP contribution in [0.15, 0.2) is 12.1 Å². The van der Waals surface area contributed by atoms with Crippen LogP contribution in [0.2, 0.25) is 0 Å². The zero-order valence-electron chi connectivity index (χ0n) is 9.51. The van der Waals surface area contributed by atoms with Gasteiger partial charge in [0.05, 0.1) is 7.11 Å². The Balaban J connectivity index is 3.16. The molecule has 1 aromatic rings. The van der Waals surface area contributed by atoms with Crippen molar-refractivity contribution >= 4 is 0 Å². The zero-order valence-corrected chi connectivity index (χ0v) is 9.51.